The summed E-state index contributed by atoms with van der Waals surface area (Å²) in [4.78, 5) is 15.2. The smallest absolute Gasteiger partial charge is 0.358 e. The molecular formula is C14H12N2O4. The Morgan fingerprint density at radius 3 is 2.70 bits per heavy atom. The van der Waals surface area contributed by atoms with Gasteiger partial charge in [0.1, 0.15) is 12.0 Å². The van der Waals surface area contributed by atoms with Crippen molar-refractivity contribution in [3.8, 4) is 11.6 Å². The first-order chi connectivity index (χ1) is 9.74. The molecule has 3 rings (SSSR count). The van der Waals surface area contributed by atoms with Gasteiger partial charge < -0.3 is 13.7 Å². The van der Waals surface area contributed by atoms with Crippen LogP contribution in [0.5, 0.6) is 5.75 Å². The lowest BCUT2D eigenvalue weighted by Gasteiger charge is -2.00. The molecule has 3 aromatic rings. The molecular weight excluding hydrogens is 260 g/mol. The van der Waals surface area contributed by atoms with Crippen LogP contribution in [0.1, 0.15) is 11.5 Å². The molecule has 0 amide bonds. The Balaban J connectivity index is 1.78. The van der Waals surface area contributed by atoms with Crippen molar-refractivity contribution in [2.75, 3.05) is 7.11 Å². The lowest BCUT2D eigenvalue weighted by atomic mass is 10.1. The van der Waals surface area contributed by atoms with E-state index < -0.39 is 5.63 Å². The minimum Gasteiger partial charge on any atom is -0.497 e. The lowest BCUT2D eigenvalue weighted by Crippen LogP contribution is -1.95. The SMILES string of the molecule is COc1ccc(Cc2nc(-n3ccc(=O)o3)co2)cc1. The Labute approximate surface area is 114 Å². The third kappa shape index (κ3) is 2.49. The van der Waals surface area contributed by atoms with Crippen molar-refractivity contribution in [2.45, 2.75) is 6.42 Å². The average molecular weight is 272 g/mol. The van der Waals surface area contributed by atoms with Crippen molar-refractivity contribution < 1.29 is 13.7 Å². The van der Waals surface area contributed by atoms with E-state index in [1.165, 1.54) is 23.3 Å². The molecule has 1 aromatic carbocycles. The summed E-state index contributed by atoms with van der Waals surface area (Å²) in [7, 11) is 1.63. The summed E-state index contributed by atoms with van der Waals surface area (Å²) in [5.74, 6) is 1.79. The molecule has 20 heavy (non-hydrogen) atoms. The average Bonchev–Trinajstić information content (AvgIpc) is 3.09. The highest BCUT2D eigenvalue weighted by molar-refractivity contribution is 5.29. The van der Waals surface area contributed by atoms with Crippen LogP contribution in [0, 0.1) is 0 Å². The van der Waals surface area contributed by atoms with Crippen molar-refractivity contribution in [2.24, 2.45) is 0 Å². The molecule has 0 aliphatic heterocycles. The van der Waals surface area contributed by atoms with E-state index in [4.69, 9.17) is 13.7 Å². The Hall–Kier alpha value is -2.76. The molecule has 0 saturated heterocycles. The fourth-order valence-corrected chi connectivity index (χ4v) is 1.81. The van der Waals surface area contributed by atoms with Gasteiger partial charge in [-0.25, -0.2) is 4.79 Å². The van der Waals surface area contributed by atoms with Crippen LogP contribution in [0.3, 0.4) is 0 Å². The van der Waals surface area contributed by atoms with E-state index in [0.717, 1.165) is 11.3 Å². The Morgan fingerprint density at radius 1 is 1.25 bits per heavy atom. The third-order valence-electron chi connectivity index (χ3n) is 2.81. The summed E-state index contributed by atoms with van der Waals surface area (Å²) in [6.45, 7) is 0. The maximum absolute atomic E-state index is 11.0. The molecule has 6 nitrogen and oxygen atoms in total. The van der Waals surface area contributed by atoms with Gasteiger partial charge in [0.05, 0.1) is 13.3 Å². The zero-order valence-corrected chi connectivity index (χ0v) is 10.8. The van der Waals surface area contributed by atoms with Crippen molar-refractivity contribution >= 4 is 0 Å². The highest BCUT2D eigenvalue weighted by Crippen LogP contribution is 2.15. The molecule has 0 aliphatic rings. The number of oxazole rings is 1. The van der Waals surface area contributed by atoms with Crippen LogP contribution in [-0.2, 0) is 6.42 Å². The summed E-state index contributed by atoms with van der Waals surface area (Å²) < 4.78 is 16.6. The van der Waals surface area contributed by atoms with Crippen molar-refractivity contribution in [1.29, 1.82) is 0 Å². The fourth-order valence-electron chi connectivity index (χ4n) is 1.81. The number of rotatable bonds is 4. The molecule has 0 bridgehead atoms. The Kier molecular flexibility index (Phi) is 3.12. The summed E-state index contributed by atoms with van der Waals surface area (Å²) in [5.41, 5.74) is 0.623. The van der Waals surface area contributed by atoms with Crippen molar-refractivity contribution in [3.05, 3.63) is 64.7 Å². The minimum absolute atomic E-state index is 0.426. The van der Waals surface area contributed by atoms with Crippen molar-refractivity contribution in [1.82, 2.24) is 9.72 Å². The van der Waals surface area contributed by atoms with Crippen LogP contribution >= 0.6 is 0 Å². The number of nitrogens with zero attached hydrogens (tertiary/aromatic N) is 2. The van der Waals surface area contributed by atoms with Crippen LogP contribution in [0.4, 0.5) is 0 Å². The highest BCUT2D eigenvalue weighted by Gasteiger charge is 2.08. The molecule has 6 heteroatoms. The zero-order chi connectivity index (χ0) is 13.9. The molecule has 2 heterocycles. The Morgan fingerprint density at radius 2 is 2.05 bits per heavy atom. The molecule has 0 spiro atoms. The second-order valence-corrected chi connectivity index (χ2v) is 4.18. The molecule has 0 atom stereocenters. The highest BCUT2D eigenvalue weighted by atomic mass is 16.5. The topological polar surface area (TPSA) is 70.4 Å². The third-order valence-corrected chi connectivity index (χ3v) is 2.81. The predicted octanol–water partition coefficient (Wildman–Crippen LogP) is 2.02. The number of hydrogen-bond donors (Lipinski definition) is 0. The van der Waals surface area contributed by atoms with Crippen LogP contribution < -0.4 is 10.4 Å². The molecule has 0 saturated carbocycles. The minimum atomic E-state index is -0.426. The van der Waals surface area contributed by atoms with Gasteiger partial charge in [-0.05, 0) is 17.7 Å². The summed E-state index contributed by atoms with van der Waals surface area (Å²) in [6.07, 6.45) is 3.49. The fraction of sp³-hybridized carbons (Fsp3) is 0.143. The van der Waals surface area contributed by atoms with E-state index in [0.29, 0.717) is 18.1 Å². The first kappa shape index (κ1) is 12.3. The van der Waals surface area contributed by atoms with Gasteiger partial charge in [0.2, 0.25) is 11.7 Å². The van der Waals surface area contributed by atoms with Crippen LogP contribution in [0.2, 0.25) is 0 Å². The van der Waals surface area contributed by atoms with E-state index >= 15 is 0 Å². The van der Waals surface area contributed by atoms with Gasteiger partial charge >= 0.3 is 5.63 Å². The van der Waals surface area contributed by atoms with Gasteiger partial charge in [0.25, 0.3) is 0 Å². The van der Waals surface area contributed by atoms with E-state index in [9.17, 15) is 4.79 Å². The van der Waals surface area contributed by atoms with Crippen LogP contribution in [0.15, 0.2) is 56.5 Å². The molecule has 102 valence electrons. The standard InChI is InChI=1S/C14H12N2O4/c1-18-11-4-2-10(3-5-11)8-13-15-12(9-19-13)16-7-6-14(17)20-16/h2-7,9H,8H2,1H3. The van der Waals surface area contributed by atoms with Gasteiger partial charge in [-0.1, -0.05) is 12.1 Å². The van der Waals surface area contributed by atoms with E-state index in [1.807, 2.05) is 24.3 Å². The molecule has 0 radical (unpaired) electrons. The molecule has 2 aromatic heterocycles. The lowest BCUT2D eigenvalue weighted by molar-refractivity contribution is 0.319. The molecule has 0 fully saturated rings. The van der Waals surface area contributed by atoms with Gasteiger partial charge in [0, 0.05) is 12.5 Å². The predicted molar refractivity (Wildman–Crippen MR) is 70.2 cm³/mol. The summed E-state index contributed by atoms with van der Waals surface area (Å²) in [5, 5.41) is 0. The number of benzene rings is 1. The van der Waals surface area contributed by atoms with Crippen molar-refractivity contribution in [3.63, 3.8) is 0 Å². The number of aromatic nitrogens is 2. The second kappa shape index (κ2) is 5.08. The quantitative estimate of drug-likeness (QED) is 0.726. The second-order valence-electron chi connectivity index (χ2n) is 4.18. The molecule has 0 N–H and O–H groups in total. The summed E-state index contributed by atoms with van der Waals surface area (Å²) in [6, 6.07) is 8.96. The summed E-state index contributed by atoms with van der Waals surface area (Å²) >= 11 is 0. The molecule has 0 unspecified atom stereocenters. The number of ether oxygens (including phenoxy) is 1. The first-order valence-corrected chi connectivity index (χ1v) is 6.01. The Bertz CT molecular complexity index is 752. The van der Waals surface area contributed by atoms with Crippen LogP contribution in [0.25, 0.3) is 5.82 Å². The van der Waals surface area contributed by atoms with E-state index in [1.54, 1.807) is 7.11 Å². The number of hydrogen-bond acceptors (Lipinski definition) is 5. The van der Waals surface area contributed by atoms with Gasteiger partial charge in [-0.2, -0.15) is 9.72 Å². The number of methoxy groups -OCH3 is 1. The maximum Gasteiger partial charge on any atom is 0.358 e. The monoisotopic (exact) mass is 272 g/mol. The maximum atomic E-state index is 11.0. The van der Waals surface area contributed by atoms with Crippen LogP contribution in [-0.4, -0.2) is 16.8 Å². The normalized spacial score (nSPS) is 10.7. The van der Waals surface area contributed by atoms with E-state index in [2.05, 4.69) is 4.98 Å². The van der Waals surface area contributed by atoms with Gasteiger partial charge in [-0.15, -0.1) is 0 Å². The largest absolute Gasteiger partial charge is 0.497 e. The first-order valence-electron chi connectivity index (χ1n) is 6.01. The van der Waals surface area contributed by atoms with E-state index in [-0.39, 0.29) is 0 Å². The van der Waals surface area contributed by atoms with Gasteiger partial charge in [-0.3, -0.25) is 0 Å². The van der Waals surface area contributed by atoms with Gasteiger partial charge in [0.15, 0.2) is 0 Å². The molecule has 0 aliphatic carbocycles. The zero-order valence-electron chi connectivity index (χ0n) is 10.8.